The van der Waals surface area contributed by atoms with E-state index in [1.165, 1.54) is 6.20 Å². The quantitative estimate of drug-likeness (QED) is 0.538. The average Bonchev–Trinajstić information content (AvgIpc) is 2.73. The van der Waals surface area contributed by atoms with Gasteiger partial charge in [0, 0.05) is 11.9 Å². The van der Waals surface area contributed by atoms with Gasteiger partial charge in [0.25, 0.3) is 5.91 Å². The molecule has 0 spiro atoms. The summed E-state index contributed by atoms with van der Waals surface area (Å²) in [5, 5.41) is 15.1. The zero-order valence-electron chi connectivity index (χ0n) is 16.3. The van der Waals surface area contributed by atoms with E-state index in [0.29, 0.717) is 11.5 Å². The van der Waals surface area contributed by atoms with Gasteiger partial charge < -0.3 is 24.8 Å². The number of nitriles is 1. The number of hydrogen-bond donors (Lipinski definition) is 2. The highest BCUT2D eigenvalue weighted by molar-refractivity contribution is 5.97. The predicted octanol–water partition coefficient (Wildman–Crippen LogP) is 3.41. The Morgan fingerprint density at radius 1 is 1.04 bits per heavy atom. The van der Waals surface area contributed by atoms with E-state index < -0.39 is 5.91 Å². The third-order valence-electron chi connectivity index (χ3n) is 4.09. The maximum atomic E-state index is 12.4. The molecule has 0 aliphatic heterocycles. The van der Waals surface area contributed by atoms with Crippen LogP contribution in [0.4, 0.5) is 5.69 Å². The molecule has 7 nitrogen and oxygen atoms in total. The molecule has 2 rings (SSSR count). The van der Waals surface area contributed by atoms with Gasteiger partial charge in [-0.15, -0.1) is 0 Å². The number of hydrogen-bond acceptors (Lipinski definition) is 6. The molecule has 0 bridgehead atoms. The molecule has 7 heteroatoms. The summed E-state index contributed by atoms with van der Waals surface area (Å²) in [7, 11) is 4.69. The van der Waals surface area contributed by atoms with Gasteiger partial charge in [0.2, 0.25) is 0 Å². The van der Waals surface area contributed by atoms with Gasteiger partial charge in [-0.3, -0.25) is 4.79 Å². The van der Waals surface area contributed by atoms with Crippen LogP contribution in [0.2, 0.25) is 0 Å². The number of ether oxygens (including phenoxy) is 3. The molecule has 0 radical (unpaired) electrons. The first kappa shape index (κ1) is 20.6. The van der Waals surface area contributed by atoms with Crippen LogP contribution >= 0.6 is 0 Å². The summed E-state index contributed by atoms with van der Waals surface area (Å²) in [4.78, 5) is 12.4. The summed E-state index contributed by atoms with van der Waals surface area (Å²) in [5.74, 6) is 1.41. The van der Waals surface area contributed by atoms with Crippen LogP contribution in [0, 0.1) is 11.3 Å². The van der Waals surface area contributed by atoms with Crippen molar-refractivity contribution in [3.8, 4) is 23.3 Å². The number of amides is 1. The highest BCUT2D eigenvalue weighted by Gasteiger charge is 2.15. The fraction of sp³-hybridized carbons (Fsp3) is 0.238. The van der Waals surface area contributed by atoms with Crippen molar-refractivity contribution in [2.24, 2.45) is 0 Å². The molecule has 2 aromatic rings. The number of benzene rings is 2. The Morgan fingerprint density at radius 2 is 1.71 bits per heavy atom. The van der Waals surface area contributed by atoms with Crippen LogP contribution in [-0.4, -0.2) is 27.2 Å². The number of carbonyl (C=O) groups is 1. The molecule has 0 aliphatic carbocycles. The van der Waals surface area contributed by atoms with Gasteiger partial charge in [0.15, 0.2) is 11.5 Å². The van der Waals surface area contributed by atoms with Gasteiger partial charge >= 0.3 is 0 Å². The first-order valence-electron chi connectivity index (χ1n) is 8.56. The summed E-state index contributed by atoms with van der Waals surface area (Å²) in [6.07, 6.45) is 1.37. The molecule has 2 aromatic carbocycles. The summed E-state index contributed by atoms with van der Waals surface area (Å²) < 4.78 is 15.6. The number of carbonyl (C=O) groups excluding carboxylic acids is 1. The smallest absolute Gasteiger partial charge is 0.263 e. The van der Waals surface area contributed by atoms with Gasteiger partial charge in [0.1, 0.15) is 17.4 Å². The van der Waals surface area contributed by atoms with Crippen LogP contribution in [-0.2, 0) is 4.79 Å². The van der Waals surface area contributed by atoms with Crippen molar-refractivity contribution in [3.63, 3.8) is 0 Å². The Bertz CT molecular complexity index is 886. The number of nitrogens with one attached hydrogen (secondary N) is 2. The van der Waals surface area contributed by atoms with Crippen LogP contribution in [0.25, 0.3) is 0 Å². The summed E-state index contributed by atoms with van der Waals surface area (Å²) in [5.41, 5.74) is 1.52. The van der Waals surface area contributed by atoms with Crippen molar-refractivity contribution in [2.75, 3.05) is 26.6 Å². The molecule has 0 saturated heterocycles. The van der Waals surface area contributed by atoms with E-state index in [9.17, 15) is 10.1 Å². The van der Waals surface area contributed by atoms with Crippen LogP contribution in [0.15, 0.2) is 54.2 Å². The van der Waals surface area contributed by atoms with Gasteiger partial charge in [0.05, 0.1) is 27.4 Å². The maximum absolute atomic E-state index is 12.4. The molecule has 146 valence electrons. The van der Waals surface area contributed by atoms with E-state index in [1.54, 1.807) is 57.7 Å². The highest BCUT2D eigenvalue weighted by Crippen LogP contribution is 2.29. The minimum atomic E-state index is -0.481. The first-order valence-corrected chi connectivity index (χ1v) is 8.56. The molecule has 0 aliphatic rings. The Kier molecular flexibility index (Phi) is 7.28. The second-order valence-corrected chi connectivity index (χ2v) is 5.85. The zero-order chi connectivity index (χ0) is 20.5. The molecule has 0 saturated carbocycles. The minimum Gasteiger partial charge on any atom is -0.497 e. The van der Waals surface area contributed by atoms with Gasteiger partial charge in [-0.05, 0) is 48.9 Å². The minimum absolute atomic E-state index is 0.0388. The lowest BCUT2D eigenvalue weighted by Crippen LogP contribution is -2.28. The Morgan fingerprint density at radius 3 is 2.29 bits per heavy atom. The third kappa shape index (κ3) is 5.17. The van der Waals surface area contributed by atoms with E-state index >= 15 is 0 Å². The van der Waals surface area contributed by atoms with Crippen molar-refractivity contribution in [2.45, 2.75) is 13.0 Å². The second-order valence-electron chi connectivity index (χ2n) is 5.85. The number of anilines is 1. The van der Waals surface area contributed by atoms with Crippen LogP contribution < -0.4 is 24.8 Å². The average molecular weight is 381 g/mol. The van der Waals surface area contributed by atoms with Gasteiger partial charge in [-0.2, -0.15) is 5.26 Å². The summed E-state index contributed by atoms with van der Waals surface area (Å²) in [6.45, 7) is 1.82. The molecule has 0 heterocycles. The summed E-state index contributed by atoms with van der Waals surface area (Å²) >= 11 is 0. The van der Waals surface area contributed by atoms with Crippen LogP contribution in [0.5, 0.6) is 17.2 Å². The highest BCUT2D eigenvalue weighted by atomic mass is 16.5. The van der Waals surface area contributed by atoms with E-state index in [0.717, 1.165) is 17.0 Å². The second kappa shape index (κ2) is 9.88. The van der Waals surface area contributed by atoms with Crippen molar-refractivity contribution >= 4 is 11.6 Å². The van der Waals surface area contributed by atoms with E-state index in [-0.39, 0.29) is 11.6 Å². The molecule has 0 fully saturated rings. The molecule has 1 amide bonds. The lowest BCUT2D eigenvalue weighted by molar-refractivity contribution is -0.117. The molecular weight excluding hydrogens is 358 g/mol. The van der Waals surface area contributed by atoms with Crippen molar-refractivity contribution in [1.82, 2.24) is 5.32 Å². The van der Waals surface area contributed by atoms with Gasteiger partial charge in [-0.1, -0.05) is 6.07 Å². The zero-order valence-corrected chi connectivity index (χ0v) is 16.3. The Hall–Kier alpha value is -3.66. The fourth-order valence-corrected chi connectivity index (χ4v) is 2.47. The number of nitrogens with zero attached hydrogens (tertiary/aromatic N) is 1. The first-order chi connectivity index (χ1) is 13.5. The lowest BCUT2D eigenvalue weighted by Gasteiger charge is -2.16. The van der Waals surface area contributed by atoms with E-state index in [4.69, 9.17) is 14.2 Å². The predicted molar refractivity (Wildman–Crippen MR) is 106 cm³/mol. The standard InChI is InChI=1S/C21H23N3O4/c1-14(15-5-10-19(27-3)20(11-15)28-4)24-21(25)16(12-22)13-23-17-6-8-18(26-2)9-7-17/h5-11,13-14,23H,1-4H3,(H,24,25)/b16-13-. The van der Waals surface area contributed by atoms with Crippen molar-refractivity contribution in [1.29, 1.82) is 5.26 Å². The largest absolute Gasteiger partial charge is 0.497 e. The van der Waals surface area contributed by atoms with Gasteiger partial charge in [-0.25, -0.2) is 0 Å². The Labute approximate surface area is 164 Å². The molecule has 2 N–H and O–H groups in total. The normalized spacial score (nSPS) is 11.8. The van der Waals surface area contributed by atoms with E-state index in [1.807, 2.05) is 19.1 Å². The maximum Gasteiger partial charge on any atom is 0.263 e. The SMILES string of the molecule is COc1ccc(N/C=C(/C#N)C(=O)NC(C)c2ccc(OC)c(OC)c2)cc1. The molecule has 28 heavy (non-hydrogen) atoms. The van der Waals surface area contributed by atoms with Crippen LogP contribution in [0.3, 0.4) is 0 Å². The fourth-order valence-electron chi connectivity index (χ4n) is 2.47. The molecular formula is C21H23N3O4. The third-order valence-corrected chi connectivity index (χ3v) is 4.09. The van der Waals surface area contributed by atoms with E-state index in [2.05, 4.69) is 10.6 Å². The molecule has 1 unspecified atom stereocenters. The van der Waals surface area contributed by atoms with Crippen molar-refractivity contribution in [3.05, 3.63) is 59.8 Å². The van der Waals surface area contributed by atoms with Crippen LogP contribution in [0.1, 0.15) is 18.5 Å². The molecule has 1 atom stereocenters. The Balaban J connectivity index is 2.07. The molecule has 0 aromatic heterocycles. The summed E-state index contributed by atoms with van der Waals surface area (Å²) in [6, 6.07) is 14.1. The number of methoxy groups -OCH3 is 3. The van der Waals surface area contributed by atoms with Crippen molar-refractivity contribution < 1.29 is 19.0 Å². The lowest BCUT2D eigenvalue weighted by atomic mass is 10.1. The monoisotopic (exact) mass is 381 g/mol. The number of rotatable bonds is 8. The topological polar surface area (TPSA) is 92.6 Å².